The topological polar surface area (TPSA) is 80.8 Å². The van der Waals surface area contributed by atoms with E-state index < -0.39 is 23.7 Å². The maximum Gasteiger partial charge on any atom is 0.416 e. The van der Waals surface area contributed by atoms with E-state index in [2.05, 4.69) is 10.3 Å². The zero-order chi connectivity index (χ0) is 21.2. The summed E-state index contributed by atoms with van der Waals surface area (Å²) in [5, 5.41) is 2.68. The second-order valence-corrected chi connectivity index (χ2v) is 6.39. The second-order valence-electron chi connectivity index (χ2n) is 6.39. The van der Waals surface area contributed by atoms with Gasteiger partial charge in [0.1, 0.15) is 17.5 Å². The van der Waals surface area contributed by atoms with Gasteiger partial charge in [-0.15, -0.1) is 0 Å². The number of ether oxygens (including phenoxy) is 2. The molecule has 0 aliphatic carbocycles. The largest absolute Gasteiger partial charge is 0.495 e. The number of methoxy groups -OCH3 is 1. The van der Waals surface area contributed by atoms with E-state index in [0.29, 0.717) is 12.2 Å². The summed E-state index contributed by atoms with van der Waals surface area (Å²) in [6.07, 6.45) is -2.84. The molecule has 0 saturated carbocycles. The Morgan fingerprint density at radius 1 is 1.28 bits per heavy atom. The SMILES string of the molecule is COc1ccc(Oc2cc(C(F)(F)F)ccn2)cc1NC(=O)[C@H]1CCC(=O)N1C. The molecular formula is C19H18F3N3O4. The van der Waals surface area contributed by atoms with Gasteiger partial charge in [-0.05, 0) is 24.6 Å². The number of likely N-dealkylation sites (N-methyl/N-ethyl adjacent to an activating group) is 1. The summed E-state index contributed by atoms with van der Waals surface area (Å²) in [4.78, 5) is 29.3. The smallest absolute Gasteiger partial charge is 0.416 e. The number of carbonyl (C=O) groups is 2. The monoisotopic (exact) mass is 409 g/mol. The first-order valence-corrected chi connectivity index (χ1v) is 8.64. The number of hydrogen-bond donors (Lipinski definition) is 1. The summed E-state index contributed by atoms with van der Waals surface area (Å²) >= 11 is 0. The van der Waals surface area contributed by atoms with Crippen molar-refractivity contribution in [2.75, 3.05) is 19.5 Å². The molecule has 1 aliphatic rings. The van der Waals surface area contributed by atoms with Crippen molar-refractivity contribution < 1.29 is 32.2 Å². The van der Waals surface area contributed by atoms with Crippen molar-refractivity contribution in [3.05, 3.63) is 42.1 Å². The predicted molar refractivity (Wildman–Crippen MR) is 96.7 cm³/mol. The maximum absolute atomic E-state index is 12.8. The van der Waals surface area contributed by atoms with Crippen LogP contribution in [-0.2, 0) is 15.8 Å². The molecule has 10 heteroatoms. The van der Waals surface area contributed by atoms with Crippen LogP contribution in [0.15, 0.2) is 36.5 Å². The minimum absolute atomic E-state index is 0.121. The van der Waals surface area contributed by atoms with E-state index in [9.17, 15) is 22.8 Å². The number of rotatable bonds is 5. The van der Waals surface area contributed by atoms with Crippen molar-refractivity contribution in [1.29, 1.82) is 0 Å². The summed E-state index contributed by atoms with van der Waals surface area (Å²) in [6, 6.07) is 5.40. The Labute approximate surface area is 164 Å². The molecule has 1 aliphatic heterocycles. The molecule has 1 atom stereocenters. The van der Waals surface area contributed by atoms with E-state index in [1.54, 1.807) is 7.05 Å². The van der Waals surface area contributed by atoms with Crippen LogP contribution in [0, 0.1) is 0 Å². The molecule has 3 rings (SSSR count). The first kappa shape index (κ1) is 20.4. The number of anilines is 1. The number of alkyl halides is 3. The average Bonchev–Trinajstić information content (AvgIpc) is 3.00. The number of aromatic nitrogens is 1. The molecule has 0 unspecified atom stereocenters. The van der Waals surface area contributed by atoms with Crippen molar-refractivity contribution in [2.45, 2.75) is 25.1 Å². The van der Waals surface area contributed by atoms with Crippen LogP contribution in [0.2, 0.25) is 0 Å². The molecule has 2 amide bonds. The molecular weight excluding hydrogens is 391 g/mol. The molecule has 154 valence electrons. The third-order valence-electron chi connectivity index (χ3n) is 4.51. The van der Waals surface area contributed by atoms with Crippen molar-refractivity contribution in [3.63, 3.8) is 0 Å². The minimum atomic E-state index is -4.52. The van der Waals surface area contributed by atoms with E-state index in [-0.39, 0.29) is 29.6 Å². The van der Waals surface area contributed by atoms with E-state index in [4.69, 9.17) is 9.47 Å². The molecule has 29 heavy (non-hydrogen) atoms. The van der Waals surface area contributed by atoms with Gasteiger partial charge < -0.3 is 19.7 Å². The van der Waals surface area contributed by atoms with Gasteiger partial charge in [0.05, 0.1) is 18.4 Å². The van der Waals surface area contributed by atoms with E-state index in [1.807, 2.05) is 0 Å². The molecule has 7 nitrogen and oxygen atoms in total. The molecule has 2 heterocycles. The van der Waals surface area contributed by atoms with E-state index in [1.165, 1.54) is 30.2 Å². The number of hydrogen-bond acceptors (Lipinski definition) is 5. The molecule has 1 fully saturated rings. The summed E-state index contributed by atoms with van der Waals surface area (Å²) < 4.78 is 49.2. The van der Waals surface area contributed by atoms with E-state index in [0.717, 1.165) is 18.3 Å². The highest BCUT2D eigenvalue weighted by Crippen LogP contribution is 2.34. The first-order valence-electron chi connectivity index (χ1n) is 8.64. The number of amides is 2. The fourth-order valence-corrected chi connectivity index (χ4v) is 2.94. The normalized spacial score (nSPS) is 16.7. The van der Waals surface area contributed by atoms with Crippen LogP contribution in [0.1, 0.15) is 18.4 Å². The third-order valence-corrected chi connectivity index (χ3v) is 4.51. The Hall–Kier alpha value is -3.30. The van der Waals surface area contributed by atoms with Gasteiger partial charge in [0.15, 0.2) is 0 Å². The zero-order valence-electron chi connectivity index (χ0n) is 15.6. The average molecular weight is 409 g/mol. The fraction of sp³-hybridized carbons (Fsp3) is 0.316. The lowest BCUT2D eigenvalue weighted by atomic mass is 10.2. The summed E-state index contributed by atoms with van der Waals surface area (Å²) in [5.41, 5.74) is -0.631. The number of nitrogens with zero attached hydrogens (tertiary/aromatic N) is 2. The molecule has 0 spiro atoms. The molecule has 1 aromatic heterocycles. The summed E-state index contributed by atoms with van der Waals surface area (Å²) in [7, 11) is 2.96. The lowest BCUT2D eigenvalue weighted by Crippen LogP contribution is -2.38. The number of halogens is 3. The van der Waals surface area contributed by atoms with Gasteiger partial charge >= 0.3 is 6.18 Å². The van der Waals surface area contributed by atoms with Gasteiger partial charge in [0, 0.05) is 31.8 Å². The van der Waals surface area contributed by atoms with Crippen LogP contribution in [0.5, 0.6) is 17.4 Å². The van der Waals surface area contributed by atoms with Crippen molar-refractivity contribution >= 4 is 17.5 Å². The Morgan fingerprint density at radius 3 is 2.66 bits per heavy atom. The van der Waals surface area contributed by atoms with Gasteiger partial charge in [-0.1, -0.05) is 0 Å². The minimum Gasteiger partial charge on any atom is -0.495 e. The Balaban J connectivity index is 1.80. The molecule has 0 radical (unpaired) electrons. The first-order chi connectivity index (χ1) is 13.7. The fourth-order valence-electron chi connectivity index (χ4n) is 2.94. The van der Waals surface area contributed by atoms with Crippen LogP contribution in [-0.4, -0.2) is 41.9 Å². The Morgan fingerprint density at radius 2 is 2.03 bits per heavy atom. The molecule has 2 aromatic rings. The highest BCUT2D eigenvalue weighted by atomic mass is 19.4. The van der Waals surface area contributed by atoms with Crippen LogP contribution in [0.25, 0.3) is 0 Å². The second kappa shape index (κ2) is 7.98. The summed E-state index contributed by atoms with van der Waals surface area (Å²) in [6.45, 7) is 0. The van der Waals surface area contributed by atoms with E-state index >= 15 is 0 Å². The third kappa shape index (κ3) is 4.58. The zero-order valence-corrected chi connectivity index (χ0v) is 15.6. The lowest BCUT2D eigenvalue weighted by molar-refractivity contribution is -0.137. The van der Waals surface area contributed by atoms with Crippen molar-refractivity contribution in [3.8, 4) is 17.4 Å². The van der Waals surface area contributed by atoms with Gasteiger partial charge in [-0.3, -0.25) is 9.59 Å². The standard InChI is InChI=1S/C19H18F3N3O4/c1-25-14(4-6-17(25)26)18(27)24-13-10-12(3-5-15(13)28-2)29-16-9-11(7-8-23-16)19(20,21)22/h3,5,7-10,14H,4,6H2,1-2H3,(H,24,27)/t14-/m1/s1. The Bertz CT molecular complexity index is 933. The quantitative estimate of drug-likeness (QED) is 0.818. The van der Waals surface area contributed by atoms with Gasteiger partial charge in [-0.25, -0.2) is 4.98 Å². The van der Waals surface area contributed by atoms with Crippen LogP contribution >= 0.6 is 0 Å². The van der Waals surface area contributed by atoms with Crippen molar-refractivity contribution in [2.24, 2.45) is 0 Å². The van der Waals surface area contributed by atoms with Crippen molar-refractivity contribution in [1.82, 2.24) is 9.88 Å². The molecule has 1 saturated heterocycles. The van der Waals surface area contributed by atoms with Gasteiger partial charge in [0.2, 0.25) is 17.7 Å². The number of pyridine rings is 1. The Kier molecular flexibility index (Phi) is 5.62. The summed E-state index contributed by atoms with van der Waals surface area (Å²) in [5.74, 6) is -0.280. The molecule has 1 N–H and O–H groups in total. The van der Waals surface area contributed by atoms with Gasteiger partial charge in [0.25, 0.3) is 0 Å². The van der Waals surface area contributed by atoms with Crippen LogP contribution < -0.4 is 14.8 Å². The predicted octanol–water partition coefficient (Wildman–Crippen LogP) is 3.46. The lowest BCUT2D eigenvalue weighted by Gasteiger charge is -2.20. The van der Waals surface area contributed by atoms with Crippen LogP contribution in [0.4, 0.5) is 18.9 Å². The number of carbonyl (C=O) groups excluding carboxylic acids is 2. The molecule has 1 aromatic carbocycles. The number of likely N-dealkylation sites (tertiary alicyclic amines) is 1. The number of nitrogens with one attached hydrogen (secondary N) is 1. The highest BCUT2D eigenvalue weighted by Gasteiger charge is 2.33. The highest BCUT2D eigenvalue weighted by molar-refractivity contribution is 5.99. The number of benzene rings is 1. The van der Waals surface area contributed by atoms with Gasteiger partial charge in [-0.2, -0.15) is 13.2 Å². The maximum atomic E-state index is 12.8. The van der Waals surface area contributed by atoms with Crippen LogP contribution in [0.3, 0.4) is 0 Å². The molecule has 0 bridgehead atoms.